The van der Waals surface area contributed by atoms with E-state index >= 15 is 0 Å². The molecule has 0 spiro atoms. The van der Waals surface area contributed by atoms with E-state index in [1.54, 1.807) is 11.9 Å². The Kier molecular flexibility index (Phi) is 4.18. The molecule has 0 bridgehead atoms. The highest BCUT2D eigenvalue weighted by atomic mass is 16.6. The van der Waals surface area contributed by atoms with Gasteiger partial charge in [0, 0.05) is 20.0 Å². The molecule has 0 saturated carbocycles. The summed E-state index contributed by atoms with van der Waals surface area (Å²) in [5, 5.41) is 2.74. The molecule has 0 aliphatic carbocycles. The molecule has 3 rings (SSSR count). The topological polar surface area (TPSA) is 67.9 Å². The lowest BCUT2D eigenvalue weighted by molar-refractivity contribution is -0.137. The van der Waals surface area contributed by atoms with Gasteiger partial charge in [-0.2, -0.15) is 0 Å². The van der Waals surface area contributed by atoms with Crippen molar-refractivity contribution in [1.29, 1.82) is 0 Å². The van der Waals surface area contributed by atoms with Crippen LogP contribution in [0.2, 0.25) is 0 Å². The van der Waals surface area contributed by atoms with Gasteiger partial charge in [-0.25, -0.2) is 0 Å². The summed E-state index contributed by atoms with van der Waals surface area (Å²) in [6.07, 6.45) is 0.850. The van der Waals surface area contributed by atoms with Crippen LogP contribution in [0.5, 0.6) is 11.5 Å². The molecule has 1 fully saturated rings. The maximum atomic E-state index is 12.4. The quantitative estimate of drug-likeness (QED) is 0.897. The zero-order valence-electron chi connectivity index (χ0n) is 12.6. The summed E-state index contributed by atoms with van der Waals surface area (Å²) < 4.78 is 11.5. The summed E-state index contributed by atoms with van der Waals surface area (Å²) in [5.74, 6) is 1.38. The van der Waals surface area contributed by atoms with Crippen LogP contribution in [-0.2, 0) is 9.59 Å². The summed E-state index contributed by atoms with van der Waals surface area (Å²) in [5.41, 5.74) is 0. The van der Waals surface area contributed by atoms with Crippen molar-refractivity contribution in [3.05, 3.63) is 24.3 Å². The number of rotatable bonds is 3. The summed E-state index contributed by atoms with van der Waals surface area (Å²) in [7, 11) is 1.77. The third-order valence-electron chi connectivity index (χ3n) is 4.04. The molecule has 1 N–H and O–H groups in total. The van der Waals surface area contributed by atoms with Crippen molar-refractivity contribution >= 4 is 11.8 Å². The Morgan fingerprint density at radius 1 is 1.36 bits per heavy atom. The summed E-state index contributed by atoms with van der Waals surface area (Å²) in [6, 6.07) is 7.52. The van der Waals surface area contributed by atoms with Gasteiger partial charge >= 0.3 is 0 Å². The summed E-state index contributed by atoms with van der Waals surface area (Å²) >= 11 is 0. The molecule has 2 aliphatic rings. The van der Waals surface area contributed by atoms with Crippen LogP contribution in [0.15, 0.2) is 24.3 Å². The molecule has 2 heterocycles. The smallest absolute Gasteiger partial charge is 0.227 e. The van der Waals surface area contributed by atoms with Gasteiger partial charge in [-0.05, 0) is 18.6 Å². The van der Waals surface area contributed by atoms with Gasteiger partial charge in [-0.3, -0.25) is 9.59 Å². The number of hydrogen-bond acceptors (Lipinski definition) is 4. The maximum absolute atomic E-state index is 12.4. The normalized spacial score (nSPS) is 23.6. The molecule has 1 saturated heterocycles. The summed E-state index contributed by atoms with van der Waals surface area (Å²) in [4.78, 5) is 25.2. The number of hydrogen-bond donors (Lipinski definition) is 1. The van der Waals surface area contributed by atoms with E-state index in [-0.39, 0.29) is 23.8 Å². The van der Waals surface area contributed by atoms with Crippen molar-refractivity contribution < 1.29 is 19.1 Å². The second-order valence-electron chi connectivity index (χ2n) is 5.76. The van der Waals surface area contributed by atoms with Gasteiger partial charge in [0.05, 0.1) is 12.5 Å². The molecule has 6 nitrogen and oxygen atoms in total. The first kappa shape index (κ1) is 14.7. The molecule has 6 heteroatoms. The Morgan fingerprint density at radius 3 is 2.86 bits per heavy atom. The highest BCUT2D eigenvalue weighted by molar-refractivity contribution is 5.83. The number of amides is 2. The fourth-order valence-corrected chi connectivity index (χ4v) is 2.80. The predicted octanol–water partition coefficient (Wildman–Crippen LogP) is 0.811. The highest BCUT2D eigenvalue weighted by Gasteiger charge is 2.29. The lowest BCUT2D eigenvalue weighted by Gasteiger charge is -2.32. The molecule has 2 amide bonds. The van der Waals surface area contributed by atoms with Gasteiger partial charge in [-0.1, -0.05) is 12.1 Å². The average Bonchev–Trinajstić information content (AvgIpc) is 2.55. The number of piperidine rings is 1. The minimum atomic E-state index is -0.179. The molecular weight excluding hydrogens is 284 g/mol. The molecule has 2 aliphatic heterocycles. The Balaban J connectivity index is 1.55. The van der Waals surface area contributed by atoms with Crippen LogP contribution in [0.25, 0.3) is 0 Å². The second-order valence-corrected chi connectivity index (χ2v) is 5.76. The standard InChI is InChI=1S/C16H20N2O4/c1-18(16(20)11-6-7-15(19)17-8-11)9-12-10-21-13-4-2-3-5-14(13)22-12/h2-5,11-12H,6-10H2,1H3,(H,17,19)/t11-,12+/m0/s1. The predicted molar refractivity (Wildman–Crippen MR) is 79.7 cm³/mol. The van der Waals surface area contributed by atoms with Gasteiger partial charge in [0.1, 0.15) is 6.61 Å². The summed E-state index contributed by atoms with van der Waals surface area (Å²) in [6.45, 7) is 1.32. The van der Waals surface area contributed by atoms with Crippen molar-refractivity contribution in [2.24, 2.45) is 5.92 Å². The number of ether oxygens (including phenoxy) is 2. The van der Waals surface area contributed by atoms with E-state index < -0.39 is 0 Å². The number of fused-ring (bicyclic) bond motifs is 1. The molecule has 118 valence electrons. The lowest BCUT2D eigenvalue weighted by atomic mass is 9.97. The highest BCUT2D eigenvalue weighted by Crippen LogP contribution is 2.31. The largest absolute Gasteiger partial charge is 0.486 e. The van der Waals surface area contributed by atoms with Crippen LogP contribution >= 0.6 is 0 Å². The van der Waals surface area contributed by atoms with Gasteiger partial charge in [-0.15, -0.1) is 0 Å². The fourth-order valence-electron chi connectivity index (χ4n) is 2.80. The Bertz CT molecular complexity index is 565. The van der Waals surface area contributed by atoms with Crippen molar-refractivity contribution in [3.8, 4) is 11.5 Å². The minimum Gasteiger partial charge on any atom is -0.486 e. The van der Waals surface area contributed by atoms with Gasteiger partial charge in [0.25, 0.3) is 0 Å². The molecule has 1 aromatic rings. The molecule has 0 unspecified atom stereocenters. The van der Waals surface area contributed by atoms with Crippen molar-refractivity contribution in [2.45, 2.75) is 18.9 Å². The Morgan fingerprint density at radius 2 is 2.14 bits per heavy atom. The Labute approximate surface area is 129 Å². The third kappa shape index (κ3) is 3.16. The number of carbonyl (C=O) groups excluding carboxylic acids is 2. The number of nitrogens with one attached hydrogen (secondary N) is 1. The molecule has 22 heavy (non-hydrogen) atoms. The van der Waals surface area contributed by atoms with E-state index in [0.717, 1.165) is 5.75 Å². The van der Waals surface area contributed by atoms with Crippen LogP contribution in [0.1, 0.15) is 12.8 Å². The van der Waals surface area contributed by atoms with Crippen LogP contribution in [0, 0.1) is 5.92 Å². The molecule has 0 aromatic heterocycles. The third-order valence-corrected chi connectivity index (χ3v) is 4.04. The van der Waals surface area contributed by atoms with E-state index in [4.69, 9.17) is 9.47 Å². The minimum absolute atomic E-state index is 0.0207. The van der Waals surface area contributed by atoms with Crippen molar-refractivity contribution in [3.63, 3.8) is 0 Å². The first-order valence-corrected chi connectivity index (χ1v) is 7.53. The van der Waals surface area contributed by atoms with Crippen LogP contribution in [0.4, 0.5) is 0 Å². The number of likely N-dealkylation sites (N-methyl/N-ethyl adjacent to an activating group) is 1. The van der Waals surface area contributed by atoms with Crippen LogP contribution < -0.4 is 14.8 Å². The van der Waals surface area contributed by atoms with Gasteiger partial charge < -0.3 is 19.7 Å². The number of benzene rings is 1. The monoisotopic (exact) mass is 304 g/mol. The zero-order chi connectivity index (χ0) is 15.5. The molecule has 1 aromatic carbocycles. The SMILES string of the molecule is CN(C[C@@H]1COc2ccccc2O1)C(=O)[C@H]1CCC(=O)NC1. The number of carbonyl (C=O) groups is 2. The van der Waals surface area contributed by atoms with Crippen molar-refractivity contribution in [2.75, 3.05) is 26.7 Å². The van der Waals surface area contributed by atoms with Gasteiger partial charge in [0.15, 0.2) is 17.6 Å². The van der Waals surface area contributed by atoms with E-state index in [0.29, 0.717) is 38.3 Å². The molecule has 0 radical (unpaired) electrons. The van der Waals surface area contributed by atoms with E-state index in [1.165, 1.54) is 0 Å². The van der Waals surface area contributed by atoms with Gasteiger partial charge in [0.2, 0.25) is 11.8 Å². The molecule has 2 atom stereocenters. The average molecular weight is 304 g/mol. The van der Waals surface area contributed by atoms with Crippen LogP contribution in [-0.4, -0.2) is 49.6 Å². The first-order valence-electron chi connectivity index (χ1n) is 7.53. The number of para-hydroxylation sites is 2. The van der Waals surface area contributed by atoms with E-state index in [2.05, 4.69) is 5.32 Å². The second kappa shape index (κ2) is 6.25. The lowest BCUT2D eigenvalue weighted by Crippen LogP contribution is -2.47. The Hall–Kier alpha value is -2.24. The molecular formula is C16H20N2O4. The number of nitrogens with zero attached hydrogens (tertiary/aromatic N) is 1. The van der Waals surface area contributed by atoms with Crippen LogP contribution in [0.3, 0.4) is 0 Å². The zero-order valence-corrected chi connectivity index (χ0v) is 12.6. The van der Waals surface area contributed by atoms with E-state index in [9.17, 15) is 9.59 Å². The first-order chi connectivity index (χ1) is 10.6. The maximum Gasteiger partial charge on any atom is 0.227 e. The van der Waals surface area contributed by atoms with Crippen molar-refractivity contribution in [1.82, 2.24) is 10.2 Å². The fraction of sp³-hybridized carbons (Fsp3) is 0.500. The van der Waals surface area contributed by atoms with E-state index in [1.807, 2.05) is 24.3 Å².